The van der Waals surface area contributed by atoms with Gasteiger partial charge in [0.25, 0.3) is 0 Å². The highest BCUT2D eigenvalue weighted by Gasteiger charge is 2.36. The molecule has 3 heteroatoms. The van der Waals surface area contributed by atoms with Crippen molar-refractivity contribution in [3.63, 3.8) is 0 Å². The highest BCUT2D eigenvalue weighted by atomic mass is 16.5. The van der Waals surface area contributed by atoms with Crippen molar-refractivity contribution < 1.29 is 9.53 Å². The van der Waals surface area contributed by atoms with E-state index in [4.69, 9.17) is 4.74 Å². The quantitative estimate of drug-likeness (QED) is 0.579. The van der Waals surface area contributed by atoms with Gasteiger partial charge in [-0.3, -0.25) is 4.79 Å². The summed E-state index contributed by atoms with van der Waals surface area (Å²) < 4.78 is 5.30. The molecule has 12 heavy (non-hydrogen) atoms. The lowest BCUT2D eigenvalue weighted by molar-refractivity contribution is -0.128. The average molecular weight is 169 g/mol. The Morgan fingerprint density at radius 1 is 1.25 bits per heavy atom. The molecule has 0 bridgehead atoms. The number of piperidine rings is 1. The van der Waals surface area contributed by atoms with Crippen LogP contribution in [0.25, 0.3) is 0 Å². The van der Waals surface area contributed by atoms with Crippen LogP contribution in [0.5, 0.6) is 0 Å². The Morgan fingerprint density at radius 2 is 2.00 bits per heavy atom. The Balaban J connectivity index is 2.02. The summed E-state index contributed by atoms with van der Waals surface area (Å²) in [5, 5.41) is 2.87. The molecular formula is C9H15NO2. The zero-order valence-electron chi connectivity index (χ0n) is 7.27. The van der Waals surface area contributed by atoms with E-state index in [9.17, 15) is 4.79 Å². The topological polar surface area (TPSA) is 38.3 Å². The molecule has 1 spiro atoms. The van der Waals surface area contributed by atoms with Crippen molar-refractivity contribution in [2.24, 2.45) is 5.41 Å². The summed E-state index contributed by atoms with van der Waals surface area (Å²) in [4.78, 5) is 11.2. The molecule has 0 unspecified atom stereocenters. The van der Waals surface area contributed by atoms with Crippen LogP contribution in [0.4, 0.5) is 0 Å². The van der Waals surface area contributed by atoms with Crippen LogP contribution in [0.3, 0.4) is 0 Å². The van der Waals surface area contributed by atoms with E-state index >= 15 is 0 Å². The first-order valence-corrected chi connectivity index (χ1v) is 4.65. The molecule has 0 aromatic rings. The van der Waals surface area contributed by atoms with Crippen LogP contribution in [-0.4, -0.2) is 25.7 Å². The molecule has 2 aliphatic rings. The van der Waals surface area contributed by atoms with E-state index in [1.807, 2.05) is 0 Å². The van der Waals surface area contributed by atoms with Crippen LogP contribution >= 0.6 is 0 Å². The Kier molecular flexibility index (Phi) is 2.05. The summed E-state index contributed by atoms with van der Waals surface area (Å²) in [5.41, 5.74) is 0.292. The molecule has 0 radical (unpaired) electrons. The molecule has 2 heterocycles. The van der Waals surface area contributed by atoms with Gasteiger partial charge in [-0.25, -0.2) is 0 Å². The second-order valence-corrected chi connectivity index (χ2v) is 3.89. The number of rotatable bonds is 0. The molecular weight excluding hydrogens is 154 g/mol. The summed E-state index contributed by atoms with van der Waals surface area (Å²) in [5.74, 6) is 0.225. The minimum absolute atomic E-state index is 0.225. The number of carbonyl (C=O) groups excluding carboxylic acids is 1. The van der Waals surface area contributed by atoms with Gasteiger partial charge in [0, 0.05) is 26.2 Å². The molecule has 2 fully saturated rings. The van der Waals surface area contributed by atoms with E-state index in [1.165, 1.54) is 0 Å². The number of carbonyl (C=O) groups is 1. The van der Waals surface area contributed by atoms with Gasteiger partial charge in [-0.1, -0.05) is 0 Å². The monoisotopic (exact) mass is 169 g/mol. The minimum Gasteiger partial charge on any atom is -0.381 e. The van der Waals surface area contributed by atoms with Crippen LogP contribution in [0, 0.1) is 5.41 Å². The summed E-state index contributed by atoms with van der Waals surface area (Å²) >= 11 is 0. The molecule has 3 nitrogen and oxygen atoms in total. The van der Waals surface area contributed by atoms with Crippen LogP contribution in [0.15, 0.2) is 0 Å². The molecule has 1 N–H and O–H groups in total. The normalized spacial score (nSPS) is 28.5. The fourth-order valence-electron chi connectivity index (χ4n) is 2.19. The number of hydrogen-bond acceptors (Lipinski definition) is 2. The smallest absolute Gasteiger partial charge is 0.220 e. The number of nitrogens with one attached hydrogen (secondary N) is 1. The fourth-order valence-corrected chi connectivity index (χ4v) is 2.19. The molecule has 0 atom stereocenters. The van der Waals surface area contributed by atoms with Crippen molar-refractivity contribution in [1.82, 2.24) is 5.32 Å². The highest BCUT2D eigenvalue weighted by molar-refractivity contribution is 5.77. The number of amides is 1. The molecule has 2 rings (SSSR count). The SMILES string of the molecule is O=C1CC2(CCN1)CCOCC2. The van der Waals surface area contributed by atoms with Crippen molar-refractivity contribution >= 4 is 5.91 Å². The van der Waals surface area contributed by atoms with Crippen molar-refractivity contribution in [3.8, 4) is 0 Å². The lowest BCUT2D eigenvalue weighted by Crippen LogP contribution is -2.43. The van der Waals surface area contributed by atoms with E-state index in [-0.39, 0.29) is 5.91 Å². The minimum atomic E-state index is 0.225. The van der Waals surface area contributed by atoms with Gasteiger partial charge in [-0.2, -0.15) is 0 Å². The Bertz CT molecular complexity index is 179. The second kappa shape index (κ2) is 3.05. The van der Waals surface area contributed by atoms with E-state index in [1.54, 1.807) is 0 Å². The van der Waals surface area contributed by atoms with Crippen molar-refractivity contribution in [2.75, 3.05) is 19.8 Å². The van der Waals surface area contributed by atoms with Gasteiger partial charge in [-0.05, 0) is 24.7 Å². The van der Waals surface area contributed by atoms with Crippen molar-refractivity contribution in [3.05, 3.63) is 0 Å². The lowest BCUT2D eigenvalue weighted by atomic mass is 9.73. The first-order valence-electron chi connectivity index (χ1n) is 4.65. The third kappa shape index (κ3) is 1.46. The lowest BCUT2D eigenvalue weighted by Gasteiger charge is -2.39. The standard InChI is InChI=1S/C9H15NO2/c11-8-7-9(1-4-10-8)2-5-12-6-3-9/h1-7H2,(H,10,11). The molecule has 68 valence electrons. The van der Waals surface area contributed by atoms with E-state index in [2.05, 4.69) is 5.32 Å². The van der Waals surface area contributed by atoms with Gasteiger partial charge in [0.15, 0.2) is 0 Å². The first kappa shape index (κ1) is 8.05. The van der Waals surface area contributed by atoms with Gasteiger partial charge >= 0.3 is 0 Å². The van der Waals surface area contributed by atoms with E-state index < -0.39 is 0 Å². The summed E-state index contributed by atoms with van der Waals surface area (Å²) in [7, 11) is 0. The predicted octanol–water partition coefficient (Wildman–Crippen LogP) is 0.693. The van der Waals surface area contributed by atoms with Crippen LogP contribution in [0.2, 0.25) is 0 Å². The van der Waals surface area contributed by atoms with Crippen molar-refractivity contribution in [1.29, 1.82) is 0 Å². The van der Waals surface area contributed by atoms with Crippen molar-refractivity contribution in [2.45, 2.75) is 25.7 Å². The van der Waals surface area contributed by atoms with E-state index in [0.717, 1.165) is 45.4 Å². The van der Waals surface area contributed by atoms with Crippen LogP contribution in [0.1, 0.15) is 25.7 Å². The van der Waals surface area contributed by atoms with Crippen LogP contribution < -0.4 is 5.32 Å². The summed E-state index contributed by atoms with van der Waals surface area (Å²) in [6.45, 7) is 2.54. The zero-order valence-corrected chi connectivity index (χ0v) is 7.27. The molecule has 2 saturated heterocycles. The number of hydrogen-bond donors (Lipinski definition) is 1. The predicted molar refractivity (Wildman–Crippen MR) is 44.7 cm³/mol. The first-order chi connectivity index (χ1) is 5.81. The second-order valence-electron chi connectivity index (χ2n) is 3.89. The maximum atomic E-state index is 11.2. The fraction of sp³-hybridized carbons (Fsp3) is 0.889. The Hall–Kier alpha value is -0.570. The Labute approximate surface area is 72.5 Å². The maximum absolute atomic E-state index is 11.2. The van der Waals surface area contributed by atoms with Gasteiger partial charge in [0.2, 0.25) is 5.91 Å². The highest BCUT2D eigenvalue weighted by Crippen LogP contribution is 2.38. The molecule has 1 amide bonds. The third-order valence-electron chi connectivity index (χ3n) is 3.07. The molecule has 0 aromatic heterocycles. The average Bonchev–Trinajstić information content (AvgIpc) is 2.05. The summed E-state index contributed by atoms with van der Waals surface area (Å²) in [6, 6.07) is 0. The summed E-state index contributed by atoms with van der Waals surface area (Å²) in [6.07, 6.45) is 4.00. The maximum Gasteiger partial charge on any atom is 0.220 e. The van der Waals surface area contributed by atoms with Gasteiger partial charge in [0.05, 0.1) is 0 Å². The van der Waals surface area contributed by atoms with Crippen LogP contribution in [-0.2, 0) is 9.53 Å². The third-order valence-corrected chi connectivity index (χ3v) is 3.07. The molecule has 0 saturated carbocycles. The number of ether oxygens (including phenoxy) is 1. The molecule has 0 aromatic carbocycles. The van der Waals surface area contributed by atoms with E-state index in [0.29, 0.717) is 5.41 Å². The van der Waals surface area contributed by atoms with Gasteiger partial charge in [0.1, 0.15) is 0 Å². The Morgan fingerprint density at radius 3 is 2.67 bits per heavy atom. The molecule has 2 aliphatic heterocycles. The molecule has 0 aliphatic carbocycles. The zero-order chi connectivity index (χ0) is 8.44. The largest absolute Gasteiger partial charge is 0.381 e. The van der Waals surface area contributed by atoms with Gasteiger partial charge in [-0.15, -0.1) is 0 Å². The van der Waals surface area contributed by atoms with Gasteiger partial charge < -0.3 is 10.1 Å².